The van der Waals surface area contributed by atoms with Crippen molar-refractivity contribution in [2.24, 2.45) is 5.10 Å². The predicted octanol–water partition coefficient (Wildman–Crippen LogP) is 5.04. The molecular formula is C26H22N2O3. The average Bonchev–Trinajstić information content (AvgIpc) is 2.83. The third-order valence-electron chi connectivity index (χ3n) is 4.86. The van der Waals surface area contributed by atoms with E-state index in [0.717, 1.165) is 27.5 Å². The Balaban J connectivity index is 1.36. The van der Waals surface area contributed by atoms with Crippen molar-refractivity contribution >= 4 is 22.9 Å². The molecule has 154 valence electrons. The van der Waals surface area contributed by atoms with Crippen molar-refractivity contribution in [1.82, 2.24) is 5.43 Å². The van der Waals surface area contributed by atoms with E-state index >= 15 is 0 Å². The summed E-state index contributed by atoms with van der Waals surface area (Å²) in [5.74, 6) is 0.962. The van der Waals surface area contributed by atoms with Crippen molar-refractivity contribution in [1.29, 1.82) is 0 Å². The zero-order valence-electron chi connectivity index (χ0n) is 17.1. The lowest BCUT2D eigenvalue weighted by Crippen LogP contribution is -2.24. The Hall–Kier alpha value is -4.12. The van der Waals surface area contributed by atoms with Crippen molar-refractivity contribution < 1.29 is 14.3 Å². The van der Waals surface area contributed by atoms with Gasteiger partial charge in [-0.25, -0.2) is 5.43 Å². The molecule has 4 aromatic carbocycles. The number of nitrogens with zero attached hydrogens (tertiary/aromatic N) is 1. The number of fused-ring (bicyclic) bond motifs is 1. The van der Waals surface area contributed by atoms with Gasteiger partial charge in [0.05, 0.1) is 13.3 Å². The zero-order chi connectivity index (χ0) is 21.5. The van der Waals surface area contributed by atoms with Gasteiger partial charge in [0.25, 0.3) is 5.91 Å². The molecule has 0 radical (unpaired) electrons. The minimum absolute atomic E-state index is 0.130. The van der Waals surface area contributed by atoms with Crippen molar-refractivity contribution in [2.75, 3.05) is 13.7 Å². The first-order valence-corrected chi connectivity index (χ1v) is 9.90. The topological polar surface area (TPSA) is 59.9 Å². The highest BCUT2D eigenvalue weighted by atomic mass is 16.5. The molecule has 0 atom stereocenters. The molecular weight excluding hydrogens is 388 g/mol. The summed E-state index contributed by atoms with van der Waals surface area (Å²) in [6.07, 6.45) is 1.59. The maximum Gasteiger partial charge on any atom is 0.277 e. The molecule has 5 nitrogen and oxygen atoms in total. The Morgan fingerprint density at radius 2 is 1.58 bits per heavy atom. The van der Waals surface area contributed by atoms with Crippen LogP contribution < -0.4 is 14.9 Å². The Bertz CT molecular complexity index is 1200. The van der Waals surface area contributed by atoms with Crippen molar-refractivity contribution in [2.45, 2.75) is 0 Å². The number of hydrazone groups is 1. The quantitative estimate of drug-likeness (QED) is 0.343. The van der Waals surface area contributed by atoms with Crippen LogP contribution in [-0.2, 0) is 4.79 Å². The molecule has 0 spiro atoms. The van der Waals surface area contributed by atoms with Crippen LogP contribution in [0.1, 0.15) is 5.56 Å². The maximum atomic E-state index is 12.1. The second kappa shape index (κ2) is 9.59. The SMILES string of the molecule is COc1ccc2ccccc2c1C=NNC(=O)COc1ccc(-c2ccccc2)cc1. The van der Waals surface area contributed by atoms with Gasteiger partial charge in [0.1, 0.15) is 11.5 Å². The Morgan fingerprint density at radius 3 is 2.35 bits per heavy atom. The normalized spacial score (nSPS) is 10.9. The molecule has 0 saturated heterocycles. The molecule has 31 heavy (non-hydrogen) atoms. The van der Waals surface area contributed by atoms with Crippen LogP contribution in [0.15, 0.2) is 96.1 Å². The Labute approximate surface area is 180 Å². The molecule has 1 amide bonds. The number of hydrogen-bond acceptors (Lipinski definition) is 4. The summed E-state index contributed by atoms with van der Waals surface area (Å²) in [6.45, 7) is -0.130. The lowest BCUT2D eigenvalue weighted by atomic mass is 10.0. The molecule has 0 aliphatic carbocycles. The van der Waals surface area contributed by atoms with Gasteiger partial charge in [-0.3, -0.25) is 4.79 Å². The van der Waals surface area contributed by atoms with Crippen molar-refractivity contribution in [3.05, 3.63) is 96.6 Å². The van der Waals surface area contributed by atoms with Gasteiger partial charge in [-0.05, 0) is 40.1 Å². The summed E-state index contributed by atoms with van der Waals surface area (Å²) in [5, 5.41) is 6.14. The summed E-state index contributed by atoms with van der Waals surface area (Å²) < 4.78 is 11.0. The molecule has 4 aromatic rings. The third kappa shape index (κ3) is 4.90. The van der Waals surface area contributed by atoms with Crippen LogP contribution >= 0.6 is 0 Å². The van der Waals surface area contributed by atoms with E-state index in [-0.39, 0.29) is 12.5 Å². The van der Waals surface area contributed by atoms with Gasteiger partial charge < -0.3 is 9.47 Å². The summed E-state index contributed by atoms with van der Waals surface area (Å²) in [7, 11) is 1.61. The number of carbonyl (C=O) groups is 1. The first-order valence-electron chi connectivity index (χ1n) is 9.90. The van der Waals surface area contributed by atoms with Crippen LogP contribution in [0.25, 0.3) is 21.9 Å². The van der Waals surface area contributed by atoms with Gasteiger partial charge in [0.2, 0.25) is 0 Å². The van der Waals surface area contributed by atoms with Crippen molar-refractivity contribution in [3.63, 3.8) is 0 Å². The summed E-state index contributed by atoms with van der Waals surface area (Å²) >= 11 is 0. The summed E-state index contributed by atoms with van der Waals surface area (Å²) in [6, 6.07) is 29.5. The second-order valence-electron chi connectivity index (χ2n) is 6.87. The van der Waals surface area contributed by atoms with Gasteiger partial charge in [0, 0.05) is 5.56 Å². The fourth-order valence-electron chi connectivity index (χ4n) is 3.31. The number of rotatable bonds is 7. The fraction of sp³-hybridized carbons (Fsp3) is 0.0769. The van der Waals surface area contributed by atoms with E-state index in [2.05, 4.69) is 10.5 Å². The lowest BCUT2D eigenvalue weighted by Gasteiger charge is -2.09. The Morgan fingerprint density at radius 1 is 0.871 bits per heavy atom. The molecule has 0 saturated carbocycles. The average molecular weight is 410 g/mol. The smallest absolute Gasteiger partial charge is 0.277 e. The van der Waals surface area contributed by atoms with E-state index in [9.17, 15) is 4.79 Å². The van der Waals surface area contributed by atoms with Crippen LogP contribution in [0.4, 0.5) is 0 Å². The molecule has 0 aliphatic rings. The number of amides is 1. The number of nitrogens with one attached hydrogen (secondary N) is 1. The highest BCUT2D eigenvalue weighted by Crippen LogP contribution is 2.26. The van der Waals surface area contributed by atoms with Crippen molar-refractivity contribution in [3.8, 4) is 22.6 Å². The summed E-state index contributed by atoms with van der Waals surface area (Å²) in [4.78, 5) is 12.1. The fourth-order valence-corrected chi connectivity index (χ4v) is 3.31. The molecule has 5 heteroatoms. The van der Waals surface area contributed by atoms with E-state index in [1.807, 2.05) is 91.0 Å². The van der Waals surface area contributed by atoms with E-state index < -0.39 is 0 Å². The number of carbonyl (C=O) groups excluding carboxylic acids is 1. The van der Waals surface area contributed by atoms with Gasteiger partial charge in [-0.2, -0.15) is 5.10 Å². The molecule has 0 bridgehead atoms. The first kappa shape index (κ1) is 20.2. The lowest BCUT2D eigenvalue weighted by molar-refractivity contribution is -0.123. The third-order valence-corrected chi connectivity index (χ3v) is 4.86. The number of hydrogen-bond donors (Lipinski definition) is 1. The number of methoxy groups -OCH3 is 1. The van der Waals surface area contributed by atoms with E-state index in [0.29, 0.717) is 11.5 Å². The highest BCUT2D eigenvalue weighted by Gasteiger charge is 2.07. The summed E-state index contributed by atoms with van der Waals surface area (Å²) in [5.41, 5.74) is 5.53. The first-order chi connectivity index (χ1) is 15.2. The second-order valence-corrected chi connectivity index (χ2v) is 6.87. The maximum absolute atomic E-state index is 12.1. The molecule has 4 rings (SSSR count). The monoisotopic (exact) mass is 410 g/mol. The van der Waals surface area contributed by atoms with Crippen LogP contribution in [0.2, 0.25) is 0 Å². The van der Waals surface area contributed by atoms with Gasteiger partial charge >= 0.3 is 0 Å². The molecule has 0 aliphatic heterocycles. The van der Waals surface area contributed by atoms with Crippen LogP contribution in [-0.4, -0.2) is 25.8 Å². The minimum Gasteiger partial charge on any atom is -0.496 e. The molecule has 0 heterocycles. The van der Waals surface area contributed by atoms with Gasteiger partial charge in [-0.1, -0.05) is 72.8 Å². The van der Waals surface area contributed by atoms with Crippen LogP contribution in [0, 0.1) is 0 Å². The standard InChI is InChI=1S/C26H22N2O3/c1-30-25-16-13-21-9-5-6-10-23(21)24(25)17-27-28-26(29)18-31-22-14-11-20(12-15-22)19-7-3-2-4-8-19/h2-17H,18H2,1H3,(H,28,29). The number of benzene rings is 4. The van der Waals surface area contributed by atoms with Crippen LogP contribution in [0.3, 0.4) is 0 Å². The Kier molecular flexibility index (Phi) is 6.24. The number of ether oxygens (including phenoxy) is 2. The predicted molar refractivity (Wildman–Crippen MR) is 124 cm³/mol. The molecule has 0 aromatic heterocycles. The zero-order valence-corrected chi connectivity index (χ0v) is 17.1. The van der Waals surface area contributed by atoms with E-state index in [1.165, 1.54) is 0 Å². The molecule has 0 unspecified atom stereocenters. The van der Waals surface area contributed by atoms with Crippen LogP contribution in [0.5, 0.6) is 11.5 Å². The van der Waals surface area contributed by atoms with Gasteiger partial charge in [-0.15, -0.1) is 0 Å². The molecule has 1 N–H and O–H groups in total. The molecule has 0 fully saturated rings. The minimum atomic E-state index is -0.345. The largest absolute Gasteiger partial charge is 0.496 e. The van der Waals surface area contributed by atoms with Gasteiger partial charge in [0.15, 0.2) is 6.61 Å². The van der Waals surface area contributed by atoms with E-state index in [1.54, 1.807) is 13.3 Å². The highest BCUT2D eigenvalue weighted by molar-refractivity contribution is 6.02. The van der Waals surface area contributed by atoms with E-state index in [4.69, 9.17) is 9.47 Å².